The fourth-order valence-corrected chi connectivity index (χ4v) is 3.34. The van der Waals surface area contributed by atoms with Gasteiger partial charge in [0.25, 0.3) is 0 Å². The normalized spacial score (nSPS) is 13.1. The molecular weight excluding hydrogens is 406 g/mol. The van der Waals surface area contributed by atoms with Crippen LogP contribution >= 0.6 is 11.8 Å². The third-order valence-electron chi connectivity index (χ3n) is 4.30. The first-order valence-corrected chi connectivity index (χ1v) is 10.2. The maximum absolute atomic E-state index is 11.9. The minimum Gasteiger partial charge on any atom is -0.477 e. The van der Waals surface area contributed by atoms with Gasteiger partial charge in [0.2, 0.25) is 11.9 Å². The lowest BCUT2D eigenvalue weighted by Crippen LogP contribution is -2.12. The fraction of sp³-hybridized carbons (Fsp3) is 0.263. The maximum Gasteiger partial charge on any atom is 0.353 e. The molecule has 3 aromatic rings. The summed E-state index contributed by atoms with van der Waals surface area (Å²) in [5.74, 6) is 0.295. The van der Waals surface area contributed by atoms with Gasteiger partial charge in [-0.25, -0.2) is 9.78 Å². The molecule has 11 heteroatoms. The number of hydrogen-bond acceptors (Lipinski definition) is 8. The zero-order valence-corrected chi connectivity index (χ0v) is 16.9. The van der Waals surface area contributed by atoms with Crippen LogP contribution in [0.15, 0.2) is 40.4 Å². The van der Waals surface area contributed by atoms with Crippen LogP contribution in [0.4, 0.5) is 17.5 Å². The average molecular weight is 425 g/mol. The Morgan fingerprint density at radius 2 is 1.97 bits per heavy atom. The maximum atomic E-state index is 11.9. The predicted molar refractivity (Wildman–Crippen MR) is 110 cm³/mol. The molecule has 0 saturated heterocycles. The molecule has 0 radical (unpaired) electrons. The highest BCUT2D eigenvalue weighted by Gasteiger charge is 2.29. The second-order valence-corrected chi connectivity index (χ2v) is 7.74. The fourth-order valence-electron chi connectivity index (χ4n) is 2.57. The van der Waals surface area contributed by atoms with Crippen LogP contribution in [0.2, 0.25) is 0 Å². The first kappa shape index (κ1) is 19.8. The van der Waals surface area contributed by atoms with Gasteiger partial charge in [0.05, 0.1) is 0 Å². The highest BCUT2D eigenvalue weighted by molar-refractivity contribution is 7.99. The molecule has 4 N–H and O–H groups in total. The summed E-state index contributed by atoms with van der Waals surface area (Å²) in [5, 5.41) is 21.6. The number of amides is 1. The Morgan fingerprint density at radius 3 is 2.60 bits per heavy atom. The summed E-state index contributed by atoms with van der Waals surface area (Å²) < 4.78 is 0. The van der Waals surface area contributed by atoms with Crippen molar-refractivity contribution in [2.45, 2.75) is 36.2 Å². The SMILES string of the molecule is CCc1nc(Nc2cc(C(=O)O)[nH]n2)nc(Sc2ccc(NC(=O)C3CC3)cc2)n1. The van der Waals surface area contributed by atoms with Crippen molar-refractivity contribution >= 4 is 41.1 Å². The van der Waals surface area contributed by atoms with E-state index in [0.29, 0.717) is 23.2 Å². The number of carbonyl (C=O) groups is 2. The second-order valence-electron chi connectivity index (χ2n) is 6.70. The number of aromatic nitrogens is 5. The van der Waals surface area contributed by atoms with Gasteiger partial charge >= 0.3 is 5.97 Å². The Balaban J connectivity index is 1.47. The van der Waals surface area contributed by atoms with Crippen molar-refractivity contribution in [3.05, 3.63) is 41.9 Å². The number of anilines is 3. The smallest absolute Gasteiger partial charge is 0.353 e. The van der Waals surface area contributed by atoms with E-state index in [1.165, 1.54) is 17.8 Å². The Morgan fingerprint density at radius 1 is 1.20 bits per heavy atom. The van der Waals surface area contributed by atoms with Gasteiger partial charge in [-0.15, -0.1) is 0 Å². The van der Waals surface area contributed by atoms with Crippen LogP contribution in [-0.2, 0) is 11.2 Å². The molecule has 0 atom stereocenters. The first-order valence-electron chi connectivity index (χ1n) is 9.39. The van der Waals surface area contributed by atoms with Crippen LogP contribution in [-0.4, -0.2) is 42.1 Å². The number of aryl methyl sites for hydroxylation is 1. The Hall–Kier alpha value is -3.47. The quantitative estimate of drug-likeness (QED) is 0.427. The van der Waals surface area contributed by atoms with Crippen LogP contribution in [0.25, 0.3) is 0 Å². The number of hydrogen-bond donors (Lipinski definition) is 4. The number of nitrogens with zero attached hydrogens (tertiary/aromatic N) is 4. The number of benzene rings is 1. The third-order valence-corrected chi connectivity index (χ3v) is 5.18. The standard InChI is InChI=1S/C19H19N7O3S/c1-2-14-21-18(22-15-9-13(17(28)29)25-26-15)24-19(23-14)30-12-7-5-11(6-8-12)20-16(27)10-3-4-10/h5-10H,2-4H2,1H3,(H,20,27)(H,28,29)(H2,21,22,23,24,25,26). The molecule has 4 rings (SSSR count). The van der Waals surface area contributed by atoms with Crippen molar-refractivity contribution in [1.82, 2.24) is 25.1 Å². The second kappa shape index (κ2) is 8.49. The van der Waals surface area contributed by atoms with Crippen molar-refractivity contribution in [3.8, 4) is 0 Å². The van der Waals surface area contributed by atoms with Gasteiger partial charge in [0.1, 0.15) is 11.5 Å². The van der Waals surface area contributed by atoms with E-state index in [4.69, 9.17) is 5.11 Å². The van der Waals surface area contributed by atoms with E-state index in [0.717, 1.165) is 23.4 Å². The zero-order chi connectivity index (χ0) is 21.1. The highest BCUT2D eigenvalue weighted by Crippen LogP contribution is 2.31. The van der Waals surface area contributed by atoms with Gasteiger partial charge in [0.15, 0.2) is 11.0 Å². The van der Waals surface area contributed by atoms with Gasteiger partial charge in [-0.3, -0.25) is 9.89 Å². The summed E-state index contributed by atoms with van der Waals surface area (Å²) >= 11 is 1.36. The predicted octanol–water partition coefficient (Wildman–Crippen LogP) is 3.10. The van der Waals surface area contributed by atoms with Gasteiger partial charge in [-0.1, -0.05) is 6.92 Å². The molecule has 30 heavy (non-hydrogen) atoms. The van der Waals surface area contributed by atoms with Crippen molar-refractivity contribution in [1.29, 1.82) is 0 Å². The van der Waals surface area contributed by atoms with Crippen LogP contribution in [0, 0.1) is 5.92 Å². The van der Waals surface area contributed by atoms with Gasteiger partial charge < -0.3 is 15.7 Å². The topological polar surface area (TPSA) is 146 Å². The summed E-state index contributed by atoms with van der Waals surface area (Å²) in [6, 6.07) is 8.84. The van der Waals surface area contributed by atoms with Crippen molar-refractivity contribution in [2.75, 3.05) is 10.6 Å². The van der Waals surface area contributed by atoms with E-state index in [1.54, 1.807) is 0 Å². The molecule has 1 saturated carbocycles. The Bertz CT molecular complexity index is 1080. The number of rotatable bonds is 8. The summed E-state index contributed by atoms with van der Waals surface area (Å²) in [6.45, 7) is 1.93. The summed E-state index contributed by atoms with van der Waals surface area (Å²) in [4.78, 5) is 36.9. The van der Waals surface area contributed by atoms with E-state index in [9.17, 15) is 9.59 Å². The van der Waals surface area contributed by atoms with Crippen molar-refractivity contribution < 1.29 is 14.7 Å². The van der Waals surface area contributed by atoms with E-state index in [2.05, 4.69) is 35.8 Å². The molecule has 2 aromatic heterocycles. The molecule has 2 heterocycles. The lowest BCUT2D eigenvalue weighted by Gasteiger charge is -2.08. The van der Waals surface area contributed by atoms with E-state index < -0.39 is 5.97 Å². The van der Waals surface area contributed by atoms with E-state index >= 15 is 0 Å². The minimum absolute atomic E-state index is 0.0364. The van der Waals surface area contributed by atoms with Crippen LogP contribution in [0.3, 0.4) is 0 Å². The lowest BCUT2D eigenvalue weighted by molar-refractivity contribution is -0.117. The highest BCUT2D eigenvalue weighted by atomic mass is 32.2. The molecule has 0 spiro atoms. The lowest BCUT2D eigenvalue weighted by atomic mass is 10.3. The van der Waals surface area contributed by atoms with E-state index in [-0.39, 0.29) is 23.5 Å². The van der Waals surface area contributed by atoms with Gasteiger partial charge in [-0.05, 0) is 48.9 Å². The van der Waals surface area contributed by atoms with E-state index in [1.807, 2.05) is 31.2 Å². The summed E-state index contributed by atoms with van der Waals surface area (Å²) in [6.07, 6.45) is 2.54. The van der Waals surface area contributed by atoms with Crippen molar-refractivity contribution in [3.63, 3.8) is 0 Å². The molecule has 0 unspecified atom stereocenters. The Labute approximate surface area is 175 Å². The molecule has 10 nitrogen and oxygen atoms in total. The average Bonchev–Trinajstić information content (AvgIpc) is 3.48. The van der Waals surface area contributed by atoms with Crippen LogP contribution in [0.5, 0.6) is 0 Å². The number of carboxylic acids is 1. The van der Waals surface area contributed by atoms with Gasteiger partial charge in [-0.2, -0.15) is 15.1 Å². The largest absolute Gasteiger partial charge is 0.477 e. The number of carbonyl (C=O) groups excluding carboxylic acids is 1. The third kappa shape index (κ3) is 4.92. The van der Waals surface area contributed by atoms with Crippen LogP contribution in [0.1, 0.15) is 36.1 Å². The molecule has 1 aromatic carbocycles. The number of aromatic carboxylic acids is 1. The van der Waals surface area contributed by atoms with Gasteiger partial charge in [0, 0.05) is 29.0 Å². The molecule has 1 aliphatic rings. The number of carboxylic acid groups (broad SMARTS) is 1. The summed E-state index contributed by atoms with van der Waals surface area (Å²) in [5.41, 5.74) is 0.724. The molecule has 0 aliphatic heterocycles. The molecule has 1 aliphatic carbocycles. The number of nitrogens with one attached hydrogen (secondary N) is 3. The molecule has 1 fully saturated rings. The number of aromatic amines is 1. The molecular formula is C19H19N7O3S. The molecule has 0 bridgehead atoms. The first-order chi connectivity index (χ1) is 14.5. The molecule has 154 valence electrons. The zero-order valence-electron chi connectivity index (χ0n) is 16.0. The van der Waals surface area contributed by atoms with Crippen molar-refractivity contribution in [2.24, 2.45) is 5.92 Å². The molecule has 1 amide bonds. The van der Waals surface area contributed by atoms with Crippen LogP contribution < -0.4 is 10.6 Å². The number of H-pyrrole nitrogens is 1. The monoisotopic (exact) mass is 425 g/mol. The Kier molecular flexibility index (Phi) is 5.61. The summed E-state index contributed by atoms with van der Waals surface area (Å²) in [7, 11) is 0. The minimum atomic E-state index is -1.10.